The number of anilines is 1. The summed E-state index contributed by atoms with van der Waals surface area (Å²) in [6.07, 6.45) is 1.47. The first-order chi connectivity index (χ1) is 9.50. The van der Waals surface area contributed by atoms with Gasteiger partial charge in [0.25, 0.3) is 5.91 Å². The number of amides is 1. The molecule has 0 saturated carbocycles. The third-order valence-electron chi connectivity index (χ3n) is 2.45. The molecule has 0 aliphatic carbocycles. The Morgan fingerprint density at radius 2 is 2.00 bits per heavy atom. The molecule has 7 heteroatoms. The second kappa shape index (κ2) is 6.02. The largest absolute Gasteiger partial charge is 0.478 e. The van der Waals surface area contributed by atoms with Gasteiger partial charge in [0, 0.05) is 10.7 Å². The molecule has 0 unspecified atom stereocenters. The number of nitrogens with zero attached hydrogens (tertiary/aromatic N) is 1. The maximum atomic E-state index is 12.1. The van der Waals surface area contributed by atoms with Crippen LogP contribution in [0.3, 0.4) is 0 Å². The van der Waals surface area contributed by atoms with Gasteiger partial charge in [-0.15, -0.1) is 0 Å². The fourth-order valence-corrected chi connectivity index (χ4v) is 2.27. The fourth-order valence-electron chi connectivity index (χ4n) is 1.58. The zero-order valence-corrected chi connectivity index (χ0v) is 12.3. The van der Waals surface area contributed by atoms with Crippen LogP contribution in [-0.4, -0.2) is 22.0 Å². The molecule has 0 saturated heterocycles. The minimum atomic E-state index is -1.22. The van der Waals surface area contributed by atoms with E-state index in [4.69, 9.17) is 16.7 Å². The lowest BCUT2D eigenvalue weighted by molar-refractivity contribution is 0.0698. The molecule has 2 rings (SSSR count). The molecule has 0 radical (unpaired) electrons. The molecule has 102 valence electrons. The van der Waals surface area contributed by atoms with Gasteiger partial charge in [-0.3, -0.25) is 4.79 Å². The Kier molecular flexibility index (Phi) is 4.36. The summed E-state index contributed by atoms with van der Waals surface area (Å²) in [5.41, 5.74) is 0.117. The highest BCUT2D eigenvalue weighted by Crippen LogP contribution is 2.25. The molecule has 2 aromatic rings. The summed E-state index contributed by atoms with van der Waals surface area (Å²) in [4.78, 5) is 27.2. The molecule has 0 atom stereocenters. The van der Waals surface area contributed by atoms with Crippen molar-refractivity contribution in [2.75, 3.05) is 5.32 Å². The van der Waals surface area contributed by atoms with Gasteiger partial charge in [-0.25, -0.2) is 9.78 Å². The van der Waals surface area contributed by atoms with Gasteiger partial charge in [-0.1, -0.05) is 17.7 Å². The number of rotatable bonds is 3. The van der Waals surface area contributed by atoms with E-state index in [2.05, 4.69) is 26.2 Å². The summed E-state index contributed by atoms with van der Waals surface area (Å²) in [6, 6.07) is 7.79. The second-order valence-electron chi connectivity index (χ2n) is 3.76. The number of hydrogen-bond donors (Lipinski definition) is 2. The van der Waals surface area contributed by atoms with Gasteiger partial charge in [0.15, 0.2) is 0 Å². The third-order valence-corrected chi connectivity index (χ3v) is 3.40. The first-order valence-corrected chi connectivity index (χ1v) is 6.61. The van der Waals surface area contributed by atoms with Gasteiger partial charge in [-0.2, -0.15) is 0 Å². The third kappa shape index (κ3) is 2.97. The highest BCUT2D eigenvalue weighted by atomic mass is 79.9. The number of pyridine rings is 1. The number of aromatic nitrogens is 1. The van der Waals surface area contributed by atoms with Crippen LogP contribution in [0, 0.1) is 0 Å². The van der Waals surface area contributed by atoms with Gasteiger partial charge in [0.05, 0.1) is 10.7 Å². The van der Waals surface area contributed by atoms with Gasteiger partial charge in [-0.05, 0) is 40.2 Å². The van der Waals surface area contributed by atoms with Crippen molar-refractivity contribution in [1.29, 1.82) is 0 Å². The molecule has 0 spiro atoms. The minimum absolute atomic E-state index is 0.0513. The molecule has 5 nitrogen and oxygen atoms in total. The van der Waals surface area contributed by atoms with Crippen LogP contribution in [0.5, 0.6) is 0 Å². The number of halogens is 2. The number of nitrogens with one attached hydrogen (secondary N) is 1. The summed E-state index contributed by atoms with van der Waals surface area (Å²) in [7, 11) is 0. The van der Waals surface area contributed by atoms with Crippen LogP contribution in [0.1, 0.15) is 20.8 Å². The molecule has 0 bridgehead atoms. The topological polar surface area (TPSA) is 79.3 Å². The zero-order valence-electron chi connectivity index (χ0n) is 9.93. The average molecular weight is 356 g/mol. The Bertz CT molecular complexity index is 691. The molecule has 1 aromatic carbocycles. The predicted molar refractivity (Wildman–Crippen MR) is 78.3 cm³/mol. The van der Waals surface area contributed by atoms with Gasteiger partial charge in [0.1, 0.15) is 11.3 Å². The zero-order chi connectivity index (χ0) is 14.7. The van der Waals surface area contributed by atoms with E-state index in [0.717, 1.165) is 0 Å². The van der Waals surface area contributed by atoms with Crippen molar-refractivity contribution >= 4 is 45.1 Å². The minimum Gasteiger partial charge on any atom is -0.478 e. The lowest BCUT2D eigenvalue weighted by atomic mass is 10.1. The number of hydrogen-bond acceptors (Lipinski definition) is 3. The van der Waals surface area contributed by atoms with Crippen LogP contribution in [0.2, 0.25) is 5.02 Å². The summed E-state index contributed by atoms with van der Waals surface area (Å²) in [5, 5.41) is 11.7. The van der Waals surface area contributed by atoms with Crippen LogP contribution in [-0.2, 0) is 0 Å². The molecule has 0 fully saturated rings. The summed E-state index contributed by atoms with van der Waals surface area (Å²) >= 11 is 9.03. The molecule has 20 heavy (non-hydrogen) atoms. The summed E-state index contributed by atoms with van der Waals surface area (Å²) in [6.45, 7) is 0. The Morgan fingerprint density at radius 3 is 2.65 bits per heavy atom. The van der Waals surface area contributed by atoms with E-state index in [1.54, 1.807) is 18.2 Å². The molecular weight excluding hydrogens is 348 g/mol. The first kappa shape index (κ1) is 14.5. The number of carbonyl (C=O) groups is 2. The number of benzene rings is 1. The summed E-state index contributed by atoms with van der Waals surface area (Å²) in [5.74, 6) is -1.74. The lowest BCUT2D eigenvalue weighted by Gasteiger charge is -2.09. The smallest absolute Gasteiger partial charge is 0.339 e. The Labute approximate surface area is 127 Å². The Morgan fingerprint density at radius 1 is 1.25 bits per heavy atom. The first-order valence-electron chi connectivity index (χ1n) is 5.44. The SMILES string of the molecule is O=C(Nc1cccc(Cl)c1C(=O)O)c1ncccc1Br. The molecule has 1 amide bonds. The van der Waals surface area contributed by atoms with Gasteiger partial charge >= 0.3 is 5.97 Å². The molecule has 2 N–H and O–H groups in total. The van der Waals surface area contributed by atoms with E-state index in [9.17, 15) is 9.59 Å². The summed E-state index contributed by atoms with van der Waals surface area (Å²) < 4.78 is 0.511. The van der Waals surface area contributed by atoms with Crippen molar-refractivity contribution in [3.63, 3.8) is 0 Å². The lowest BCUT2D eigenvalue weighted by Crippen LogP contribution is -2.16. The van der Waals surface area contributed by atoms with E-state index in [1.165, 1.54) is 18.3 Å². The number of carboxylic acids is 1. The van der Waals surface area contributed by atoms with E-state index < -0.39 is 11.9 Å². The van der Waals surface area contributed by atoms with Crippen molar-refractivity contribution in [2.45, 2.75) is 0 Å². The normalized spacial score (nSPS) is 10.1. The standard InChI is InChI=1S/C13H8BrClN2O3/c14-7-3-2-6-16-11(7)12(18)17-9-5-1-4-8(15)10(9)13(19)20/h1-6H,(H,17,18)(H,19,20). The van der Waals surface area contributed by atoms with Gasteiger partial charge in [0.2, 0.25) is 0 Å². The van der Waals surface area contributed by atoms with E-state index >= 15 is 0 Å². The fraction of sp³-hybridized carbons (Fsp3) is 0. The molecular formula is C13H8BrClN2O3. The van der Waals surface area contributed by atoms with Crippen LogP contribution >= 0.6 is 27.5 Å². The van der Waals surface area contributed by atoms with Crippen molar-refractivity contribution in [3.8, 4) is 0 Å². The van der Waals surface area contributed by atoms with Crippen LogP contribution in [0.25, 0.3) is 0 Å². The maximum Gasteiger partial charge on any atom is 0.339 e. The van der Waals surface area contributed by atoms with Crippen LogP contribution in [0.15, 0.2) is 41.0 Å². The quantitative estimate of drug-likeness (QED) is 0.884. The molecule has 1 heterocycles. The molecule has 0 aliphatic heterocycles. The highest BCUT2D eigenvalue weighted by molar-refractivity contribution is 9.10. The maximum absolute atomic E-state index is 12.1. The van der Waals surface area contributed by atoms with Crippen molar-refractivity contribution in [3.05, 3.63) is 57.3 Å². The van der Waals surface area contributed by atoms with E-state index in [-0.39, 0.29) is 22.0 Å². The van der Waals surface area contributed by atoms with E-state index in [1.807, 2.05) is 0 Å². The molecule has 1 aromatic heterocycles. The van der Waals surface area contributed by atoms with Crippen molar-refractivity contribution in [2.24, 2.45) is 0 Å². The monoisotopic (exact) mass is 354 g/mol. The number of carboxylic acid groups (broad SMARTS) is 1. The Hall–Kier alpha value is -1.92. The van der Waals surface area contributed by atoms with Gasteiger partial charge < -0.3 is 10.4 Å². The predicted octanol–water partition coefficient (Wildman–Crippen LogP) is 3.45. The van der Waals surface area contributed by atoms with Crippen LogP contribution < -0.4 is 5.32 Å². The van der Waals surface area contributed by atoms with E-state index in [0.29, 0.717) is 4.47 Å². The average Bonchev–Trinajstić information content (AvgIpc) is 2.38. The number of carbonyl (C=O) groups excluding carboxylic acids is 1. The molecule has 0 aliphatic rings. The highest BCUT2D eigenvalue weighted by Gasteiger charge is 2.18. The van der Waals surface area contributed by atoms with Crippen molar-refractivity contribution in [1.82, 2.24) is 4.98 Å². The van der Waals surface area contributed by atoms with Crippen LogP contribution in [0.4, 0.5) is 5.69 Å². The second-order valence-corrected chi connectivity index (χ2v) is 5.02. The van der Waals surface area contributed by atoms with Crippen molar-refractivity contribution < 1.29 is 14.7 Å². The number of aromatic carboxylic acids is 1. The Balaban J connectivity index is 2.36.